The molecule has 1 aromatic carbocycles. The van der Waals surface area contributed by atoms with Crippen LogP contribution in [-0.4, -0.2) is 9.97 Å². The Hall–Kier alpha value is -1.75. The van der Waals surface area contributed by atoms with Gasteiger partial charge in [-0.2, -0.15) is 0 Å². The minimum Gasteiger partial charge on any atom is -0.383 e. The van der Waals surface area contributed by atoms with E-state index >= 15 is 0 Å². The number of hydrogen-bond donors (Lipinski definition) is 2. The third kappa shape index (κ3) is 3.63. The molecule has 0 atom stereocenters. The first kappa shape index (κ1) is 14.7. The number of thioether (sulfide) groups is 1. The molecule has 4 nitrogen and oxygen atoms in total. The molecule has 0 bridgehead atoms. The van der Waals surface area contributed by atoms with Gasteiger partial charge in [-0.05, 0) is 25.5 Å². The lowest BCUT2D eigenvalue weighted by molar-refractivity contribution is 0.874. The molecule has 0 saturated carbocycles. The molecule has 0 aliphatic heterocycles. The number of nitrogen functional groups attached to an aromatic ring is 1. The topological polar surface area (TPSA) is 71.8 Å². The lowest BCUT2D eigenvalue weighted by atomic mass is 10.2. The van der Waals surface area contributed by atoms with Crippen molar-refractivity contribution in [1.82, 2.24) is 9.97 Å². The second-order valence-corrected chi connectivity index (χ2v) is 5.78. The highest BCUT2D eigenvalue weighted by Crippen LogP contribution is 2.21. The molecule has 106 valence electrons. The van der Waals surface area contributed by atoms with Gasteiger partial charge < -0.3 is 10.7 Å². The van der Waals surface area contributed by atoms with Gasteiger partial charge in [-0.1, -0.05) is 31.0 Å². The number of nitrogens with two attached hydrogens (primary N) is 1. The Morgan fingerprint density at radius 1 is 1.30 bits per heavy atom. The molecule has 2 rings (SSSR count). The Bertz CT molecular complexity index is 635. The summed E-state index contributed by atoms with van der Waals surface area (Å²) in [7, 11) is 0. The van der Waals surface area contributed by atoms with E-state index in [0.29, 0.717) is 29.4 Å². The van der Waals surface area contributed by atoms with Crippen LogP contribution in [0.25, 0.3) is 0 Å². The largest absolute Gasteiger partial charge is 0.383 e. The van der Waals surface area contributed by atoms with Crippen molar-refractivity contribution >= 4 is 17.6 Å². The predicted octanol–water partition coefficient (Wildman–Crippen LogP) is 2.91. The number of aryl methyl sites for hydroxylation is 1. The van der Waals surface area contributed by atoms with Crippen LogP contribution in [0.5, 0.6) is 0 Å². The molecule has 2 aromatic rings. The van der Waals surface area contributed by atoms with Gasteiger partial charge in [-0.3, -0.25) is 4.79 Å². The van der Waals surface area contributed by atoms with Gasteiger partial charge in [0, 0.05) is 4.90 Å². The van der Waals surface area contributed by atoms with E-state index in [1.54, 1.807) is 11.8 Å². The number of aromatic amines is 1. The summed E-state index contributed by atoms with van der Waals surface area (Å²) in [6.45, 7) is 4.07. The van der Waals surface area contributed by atoms with E-state index < -0.39 is 0 Å². The zero-order valence-corrected chi connectivity index (χ0v) is 12.6. The molecule has 5 heteroatoms. The molecule has 0 aliphatic carbocycles. The van der Waals surface area contributed by atoms with Crippen LogP contribution in [0.2, 0.25) is 0 Å². The molecule has 0 saturated heterocycles. The zero-order valence-electron chi connectivity index (χ0n) is 11.8. The van der Waals surface area contributed by atoms with E-state index in [1.807, 2.05) is 6.92 Å². The molecule has 0 fully saturated rings. The van der Waals surface area contributed by atoms with Crippen molar-refractivity contribution in [2.75, 3.05) is 5.73 Å². The Kier molecular flexibility index (Phi) is 4.84. The summed E-state index contributed by atoms with van der Waals surface area (Å²) in [5.74, 6) is 1.59. The molecule has 20 heavy (non-hydrogen) atoms. The molecule has 0 aliphatic rings. The number of rotatable bonds is 5. The smallest absolute Gasteiger partial charge is 0.256 e. The maximum Gasteiger partial charge on any atom is 0.256 e. The average molecular weight is 289 g/mol. The number of benzene rings is 1. The minimum absolute atomic E-state index is 0.112. The fourth-order valence-electron chi connectivity index (χ4n) is 1.91. The third-order valence-corrected chi connectivity index (χ3v) is 4.02. The summed E-state index contributed by atoms with van der Waals surface area (Å²) in [5.41, 5.74) is 7.57. The van der Waals surface area contributed by atoms with Crippen LogP contribution in [0.4, 0.5) is 5.82 Å². The number of aromatic nitrogens is 2. The van der Waals surface area contributed by atoms with Gasteiger partial charge in [0.25, 0.3) is 5.56 Å². The van der Waals surface area contributed by atoms with E-state index in [0.717, 1.165) is 11.3 Å². The van der Waals surface area contributed by atoms with Crippen LogP contribution >= 0.6 is 11.8 Å². The van der Waals surface area contributed by atoms with Gasteiger partial charge in [0.2, 0.25) is 0 Å². The lowest BCUT2D eigenvalue weighted by Gasteiger charge is -2.06. The van der Waals surface area contributed by atoms with Crippen molar-refractivity contribution in [2.45, 2.75) is 37.3 Å². The maximum atomic E-state index is 11.9. The van der Waals surface area contributed by atoms with Gasteiger partial charge in [-0.25, -0.2) is 4.98 Å². The highest BCUT2D eigenvalue weighted by Gasteiger charge is 2.08. The second-order valence-electron chi connectivity index (χ2n) is 4.73. The number of anilines is 1. The summed E-state index contributed by atoms with van der Waals surface area (Å²) in [5, 5.41) is 0. The summed E-state index contributed by atoms with van der Waals surface area (Å²) in [6.07, 6.45) is 1.55. The molecule has 1 aromatic heterocycles. The first-order valence-corrected chi connectivity index (χ1v) is 7.65. The van der Waals surface area contributed by atoms with Gasteiger partial charge in [0.15, 0.2) is 0 Å². The normalized spacial score (nSPS) is 10.7. The Morgan fingerprint density at radius 2 is 2.00 bits per heavy atom. The fraction of sp³-hybridized carbons (Fsp3) is 0.333. The van der Waals surface area contributed by atoms with E-state index in [9.17, 15) is 4.79 Å². The van der Waals surface area contributed by atoms with Crippen LogP contribution in [0, 0.1) is 6.92 Å². The lowest BCUT2D eigenvalue weighted by Crippen LogP contribution is -2.19. The van der Waals surface area contributed by atoms with Crippen molar-refractivity contribution in [2.24, 2.45) is 0 Å². The minimum atomic E-state index is -0.112. The Labute approximate surface area is 122 Å². The molecule has 3 N–H and O–H groups in total. The Balaban J connectivity index is 2.10. The van der Waals surface area contributed by atoms with Crippen molar-refractivity contribution in [3.8, 4) is 0 Å². The van der Waals surface area contributed by atoms with Crippen LogP contribution in [0.15, 0.2) is 34.0 Å². The second kappa shape index (κ2) is 6.61. The highest BCUT2D eigenvalue weighted by molar-refractivity contribution is 7.98. The number of hydrogen-bond acceptors (Lipinski definition) is 4. The highest BCUT2D eigenvalue weighted by atomic mass is 32.2. The van der Waals surface area contributed by atoms with Crippen LogP contribution in [0.1, 0.15) is 30.3 Å². The van der Waals surface area contributed by atoms with E-state index in [2.05, 4.69) is 41.2 Å². The zero-order chi connectivity index (χ0) is 14.5. The first-order valence-electron chi connectivity index (χ1n) is 6.67. The van der Waals surface area contributed by atoms with E-state index in [4.69, 9.17) is 5.73 Å². The SMILES string of the molecule is CCCc1c(N)nc(CSc2ccc(C)cc2)[nH]c1=O. The fourth-order valence-corrected chi connectivity index (χ4v) is 2.68. The molecule has 0 spiro atoms. The summed E-state index contributed by atoms with van der Waals surface area (Å²) in [4.78, 5) is 20.2. The van der Waals surface area contributed by atoms with Crippen molar-refractivity contribution in [3.63, 3.8) is 0 Å². The van der Waals surface area contributed by atoms with Crippen molar-refractivity contribution in [3.05, 3.63) is 51.6 Å². The quantitative estimate of drug-likeness (QED) is 0.830. The van der Waals surface area contributed by atoms with Gasteiger partial charge in [0.1, 0.15) is 11.6 Å². The van der Waals surface area contributed by atoms with Crippen LogP contribution in [0.3, 0.4) is 0 Å². The van der Waals surface area contributed by atoms with Gasteiger partial charge in [-0.15, -0.1) is 11.8 Å². The van der Waals surface area contributed by atoms with E-state index in [-0.39, 0.29) is 5.56 Å². The van der Waals surface area contributed by atoms with Crippen molar-refractivity contribution < 1.29 is 0 Å². The first-order chi connectivity index (χ1) is 9.60. The number of nitrogens with one attached hydrogen (secondary N) is 1. The van der Waals surface area contributed by atoms with E-state index in [1.165, 1.54) is 5.56 Å². The number of nitrogens with zero attached hydrogens (tertiary/aromatic N) is 1. The average Bonchev–Trinajstić information content (AvgIpc) is 2.42. The van der Waals surface area contributed by atoms with Crippen LogP contribution in [-0.2, 0) is 12.2 Å². The summed E-state index contributed by atoms with van der Waals surface area (Å²) < 4.78 is 0. The molecule has 0 unspecified atom stereocenters. The van der Waals surface area contributed by atoms with Crippen LogP contribution < -0.4 is 11.3 Å². The molecular weight excluding hydrogens is 270 g/mol. The Morgan fingerprint density at radius 3 is 2.60 bits per heavy atom. The summed E-state index contributed by atoms with van der Waals surface area (Å²) >= 11 is 1.63. The maximum absolute atomic E-state index is 11.9. The molecular formula is C15H19N3OS. The van der Waals surface area contributed by atoms with Gasteiger partial charge in [0.05, 0.1) is 11.3 Å². The predicted molar refractivity (Wildman–Crippen MR) is 84.0 cm³/mol. The molecule has 1 heterocycles. The summed E-state index contributed by atoms with van der Waals surface area (Å²) in [6, 6.07) is 8.26. The van der Waals surface area contributed by atoms with Crippen molar-refractivity contribution in [1.29, 1.82) is 0 Å². The molecule has 0 radical (unpaired) electrons. The molecule has 0 amide bonds. The van der Waals surface area contributed by atoms with Gasteiger partial charge >= 0.3 is 0 Å². The number of H-pyrrole nitrogens is 1. The monoisotopic (exact) mass is 289 g/mol. The third-order valence-electron chi connectivity index (χ3n) is 2.99. The standard InChI is InChI=1S/C15H19N3OS/c1-3-4-12-14(16)17-13(18-15(12)19)9-20-11-7-5-10(2)6-8-11/h5-8H,3-4,9H2,1-2H3,(H3,16,17,18,19).